The van der Waals surface area contributed by atoms with Crippen molar-refractivity contribution in [3.8, 4) is 0 Å². The van der Waals surface area contributed by atoms with Crippen LogP contribution in [0.5, 0.6) is 0 Å². The third-order valence-corrected chi connectivity index (χ3v) is 2.70. The van der Waals surface area contributed by atoms with Crippen LogP contribution in [0.2, 0.25) is 0 Å². The van der Waals surface area contributed by atoms with Crippen LogP contribution >= 0.6 is 0 Å². The third-order valence-electron chi connectivity index (χ3n) is 2.70. The molecule has 1 aliphatic heterocycles. The SMILES string of the molecule is CC(C)(C)N1C(=O)c2ccc(N=[N+]=[N-])cc2C1=O. The Hall–Kier alpha value is -2.33. The zero-order chi connectivity index (χ0) is 13.5. The van der Waals surface area contributed by atoms with Crippen LogP contribution in [-0.2, 0) is 0 Å². The predicted molar refractivity (Wildman–Crippen MR) is 65.5 cm³/mol. The van der Waals surface area contributed by atoms with E-state index in [4.69, 9.17) is 5.53 Å². The summed E-state index contributed by atoms with van der Waals surface area (Å²) >= 11 is 0. The Morgan fingerprint density at radius 3 is 2.33 bits per heavy atom. The molecule has 0 N–H and O–H groups in total. The van der Waals surface area contributed by atoms with Crippen LogP contribution in [0.3, 0.4) is 0 Å². The van der Waals surface area contributed by atoms with Gasteiger partial charge in [0.05, 0.1) is 11.1 Å². The molecule has 1 aromatic rings. The summed E-state index contributed by atoms with van der Waals surface area (Å²) in [6.45, 7) is 5.38. The van der Waals surface area contributed by atoms with Gasteiger partial charge in [0.2, 0.25) is 0 Å². The monoisotopic (exact) mass is 244 g/mol. The Labute approximate surface area is 104 Å². The molecule has 0 fully saturated rings. The summed E-state index contributed by atoms with van der Waals surface area (Å²) in [5.74, 6) is -0.660. The Balaban J connectivity index is 2.56. The van der Waals surface area contributed by atoms with E-state index in [1.807, 2.05) is 0 Å². The standard InChI is InChI=1S/C12H12N4O2/c1-12(2,3)16-10(17)8-5-4-7(14-15-13)6-9(8)11(16)18/h4-6H,1-3H3. The van der Waals surface area contributed by atoms with Gasteiger partial charge in [0.15, 0.2) is 0 Å². The molecule has 0 radical (unpaired) electrons. The fourth-order valence-corrected chi connectivity index (χ4v) is 1.95. The van der Waals surface area contributed by atoms with Gasteiger partial charge < -0.3 is 0 Å². The maximum absolute atomic E-state index is 12.2. The lowest BCUT2D eigenvalue weighted by Gasteiger charge is -2.29. The number of hydrogen-bond acceptors (Lipinski definition) is 3. The highest BCUT2D eigenvalue weighted by Gasteiger charge is 2.41. The van der Waals surface area contributed by atoms with Gasteiger partial charge in [-0.05, 0) is 38.4 Å². The number of carbonyl (C=O) groups excluding carboxylic acids is 2. The van der Waals surface area contributed by atoms with Gasteiger partial charge in [0.1, 0.15) is 0 Å². The van der Waals surface area contributed by atoms with Gasteiger partial charge in [0, 0.05) is 16.1 Å². The average molecular weight is 244 g/mol. The van der Waals surface area contributed by atoms with Crippen molar-refractivity contribution in [2.45, 2.75) is 26.3 Å². The fourth-order valence-electron chi connectivity index (χ4n) is 1.95. The molecule has 92 valence electrons. The zero-order valence-corrected chi connectivity index (χ0v) is 10.3. The van der Waals surface area contributed by atoms with Crippen molar-refractivity contribution in [1.82, 2.24) is 4.90 Å². The van der Waals surface area contributed by atoms with Crippen LogP contribution in [0.25, 0.3) is 10.4 Å². The quantitative estimate of drug-likeness (QED) is 0.329. The van der Waals surface area contributed by atoms with E-state index in [9.17, 15) is 9.59 Å². The molecule has 0 aliphatic carbocycles. The Bertz CT molecular complexity index is 595. The van der Waals surface area contributed by atoms with Crippen molar-refractivity contribution in [3.05, 3.63) is 39.8 Å². The van der Waals surface area contributed by atoms with Gasteiger partial charge in [-0.2, -0.15) is 0 Å². The van der Waals surface area contributed by atoms with E-state index in [-0.39, 0.29) is 11.8 Å². The van der Waals surface area contributed by atoms with Crippen molar-refractivity contribution in [1.29, 1.82) is 0 Å². The van der Waals surface area contributed by atoms with E-state index in [0.717, 1.165) is 0 Å². The van der Waals surface area contributed by atoms with Gasteiger partial charge >= 0.3 is 0 Å². The highest BCUT2D eigenvalue weighted by Crippen LogP contribution is 2.31. The summed E-state index contributed by atoms with van der Waals surface area (Å²) in [7, 11) is 0. The van der Waals surface area contributed by atoms with Crippen molar-refractivity contribution >= 4 is 17.5 Å². The van der Waals surface area contributed by atoms with Crippen LogP contribution in [0.4, 0.5) is 5.69 Å². The fraction of sp³-hybridized carbons (Fsp3) is 0.333. The molecule has 0 unspecified atom stereocenters. The van der Waals surface area contributed by atoms with Crippen molar-refractivity contribution in [2.75, 3.05) is 0 Å². The maximum Gasteiger partial charge on any atom is 0.262 e. The van der Waals surface area contributed by atoms with Crippen LogP contribution in [-0.4, -0.2) is 22.3 Å². The molecule has 0 atom stereocenters. The Morgan fingerprint density at radius 1 is 1.17 bits per heavy atom. The summed E-state index contributed by atoms with van der Waals surface area (Å²) in [5.41, 5.74) is 8.76. The topological polar surface area (TPSA) is 86.1 Å². The molecule has 6 nitrogen and oxygen atoms in total. The maximum atomic E-state index is 12.2. The van der Waals surface area contributed by atoms with Gasteiger partial charge in [-0.15, -0.1) is 0 Å². The van der Waals surface area contributed by atoms with E-state index in [1.165, 1.54) is 23.1 Å². The van der Waals surface area contributed by atoms with Gasteiger partial charge in [-0.3, -0.25) is 14.5 Å². The summed E-state index contributed by atoms with van der Waals surface area (Å²) in [6.07, 6.45) is 0. The first-order valence-corrected chi connectivity index (χ1v) is 5.44. The molecule has 2 amide bonds. The summed E-state index contributed by atoms with van der Waals surface area (Å²) < 4.78 is 0. The number of fused-ring (bicyclic) bond motifs is 1. The molecule has 18 heavy (non-hydrogen) atoms. The van der Waals surface area contributed by atoms with E-state index in [1.54, 1.807) is 20.8 Å². The molecule has 0 spiro atoms. The molecule has 0 bridgehead atoms. The number of carbonyl (C=O) groups is 2. The summed E-state index contributed by atoms with van der Waals surface area (Å²) in [6, 6.07) is 4.49. The van der Waals surface area contributed by atoms with Crippen LogP contribution in [0, 0.1) is 0 Å². The predicted octanol–water partition coefficient (Wildman–Crippen LogP) is 3.02. The minimum atomic E-state index is -0.578. The molecule has 0 aromatic heterocycles. The first-order chi connectivity index (χ1) is 8.36. The number of amides is 2. The lowest BCUT2D eigenvalue weighted by Crippen LogP contribution is -2.45. The molecule has 2 rings (SSSR count). The molecule has 6 heteroatoms. The number of azide groups is 1. The van der Waals surface area contributed by atoms with Crippen LogP contribution < -0.4 is 0 Å². The van der Waals surface area contributed by atoms with E-state index in [2.05, 4.69) is 10.0 Å². The zero-order valence-electron chi connectivity index (χ0n) is 10.3. The van der Waals surface area contributed by atoms with Gasteiger partial charge in [-0.1, -0.05) is 11.2 Å². The lowest BCUT2D eigenvalue weighted by atomic mass is 10.1. The molecule has 1 heterocycles. The van der Waals surface area contributed by atoms with Crippen molar-refractivity contribution in [3.63, 3.8) is 0 Å². The molecule has 0 saturated carbocycles. The van der Waals surface area contributed by atoms with Crippen LogP contribution in [0.15, 0.2) is 23.3 Å². The van der Waals surface area contributed by atoms with Crippen molar-refractivity contribution < 1.29 is 9.59 Å². The second-order valence-corrected chi connectivity index (χ2v) is 5.04. The molecule has 1 aromatic carbocycles. The minimum absolute atomic E-state index is 0.292. The van der Waals surface area contributed by atoms with E-state index < -0.39 is 5.54 Å². The normalized spacial score (nSPS) is 14.5. The third kappa shape index (κ3) is 1.72. The largest absolute Gasteiger partial charge is 0.269 e. The highest BCUT2D eigenvalue weighted by molar-refractivity contribution is 6.22. The first-order valence-electron chi connectivity index (χ1n) is 5.44. The Morgan fingerprint density at radius 2 is 1.78 bits per heavy atom. The van der Waals surface area contributed by atoms with Gasteiger partial charge in [0.25, 0.3) is 11.8 Å². The Kier molecular flexibility index (Phi) is 2.60. The second-order valence-electron chi connectivity index (χ2n) is 5.04. The number of rotatable bonds is 1. The van der Waals surface area contributed by atoms with E-state index in [0.29, 0.717) is 16.8 Å². The molecular formula is C12H12N4O2. The smallest absolute Gasteiger partial charge is 0.262 e. The highest BCUT2D eigenvalue weighted by atomic mass is 16.2. The van der Waals surface area contributed by atoms with Crippen molar-refractivity contribution in [2.24, 2.45) is 5.11 Å². The summed E-state index contributed by atoms with van der Waals surface area (Å²) in [5, 5.41) is 3.43. The minimum Gasteiger partial charge on any atom is -0.269 e. The number of hydrogen-bond donors (Lipinski definition) is 0. The van der Waals surface area contributed by atoms with E-state index >= 15 is 0 Å². The number of benzene rings is 1. The molecule has 1 aliphatic rings. The summed E-state index contributed by atoms with van der Waals surface area (Å²) in [4.78, 5) is 28.2. The second kappa shape index (κ2) is 3.85. The van der Waals surface area contributed by atoms with Gasteiger partial charge in [-0.25, -0.2) is 0 Å². The lowest BCUT2D eigenvalue weighted by molar-refractivity contribution is 0.0508. The molecular weight excluding hydrogens is 232 g/mol. The average Bonchev–Trinajstić information content (AvgIpc) is 2.51. The van der Waals surface area contributed by atoms with Crippen LogP contribution in [0.1, 0.15) is 41.5 Å². The first kappa shape index (κ1) is 12.1. The number of imide groups is 1. The molecule has 0 saturated heterocycles. The number of nitrogens with zero attached hydrogens (tertiary/aromatic N) is 4.